The van der Waals surface area contributed by atoms with Crippen molar-refractivity contribution >= 4 is 16.7 Å². The van der Waals surface area contributed by atoms with Crippen LogP contribution in [-0.4, -0.2) is 11.1 Å². The van der Waals surface area contributed by atoms with Crippen LogP contribution in [0.1, 0.15) is 37.3 Å². The van der Waals surface area contributed by atoms with Gasteiger partial charge in [0.15, 0.2) is 0 Å². The Labute approximate surface area is 149 Å². The van der Waals surface area contributed by atoms with Gasteiger partial charge < -0.3 is 5.11 Å². The molecule has 1 N–H and O–H groups in total. The SMILES string of the molecule is CCCCC(Cc1ccccc1)(C(=O)O)c1ccc2ccccc2c1. The van der Waals surface area contributed by atoms with Crippen LogP contribution in [0.4, 0.5) is 0 Å². The Bertz CT molecular complexity index is 854. The maximum absolute atomic E-state index is 12.5. The molecule has 0 aliphatic rings. The Hall–Kier alpha value is -2.61. The molecule has 0 saturated carbocycles. The van der Waals surface area contributed by atoms with E-state index in [1.54, 1.807) is 0 Å². The molecule has 2 heteroatoms. The van der Waals surface area contributed by atoms with E-state index in [0.717, 1.165) is 34.7 Å². The maximum Gasteiger partial charge on any atom is 0.314 e. The summed E-state index contributed by atoms with van der Waals surface area (Å²) in [5, 5.41) is 12.5. The molecule has 128 valence electrons. The lowest BCUT2D eigenvalue weighted by Gasteiger charge is -2.31. The summed E-state index contributed by atoms with van der Waals surface area (Å²) in [5.74, 6) is -0.736. The fraction of sp³-hybridized carbons (Fsp3) is 0.261. The zero-order valence-electron chi connectivity index (χ0n) is 14.6. The van der Waals surface area contributed by atoms with E-state index in [1.807, 2.05) is 60.7 Å². The molecular formula is C23H24O2. The van der Waals surface area contributed by atoms with Crippen molar-refractivity contribution < 1.29 is 9.90 Å². The topological polar surface area (TPSA) is 37.3 Å². The number of carboxylic acids is 1. The quantitative estimate of drug-likeness (QED) is 0.612. The third-order valence-electron chi connectivity index (χ3n) is 5.02. The summed E-state index contributed by atoms with van der Waals surface area (Å²) in [7, 11) is 0. The number of benzene rings is 3. The van der Waals surface area contributed by atoms with Gasteiger partial charge >= 0.3 is 5.97 Å². The Balaban J connectivity index is 2.11. The van der Waals surface area contributed by atoms with Crippen LogP contribution in [-0.2, 0) is 16.6 Å². The van der Waals surface area contributed by atoms with E-state index in [9.17, 15) is 9.90 Å². The van der Waals surface area contributed by atoms with Crippen molar-refractivity contribution in [1.29, 1.82) is 0 Å². The van der Waals surface area contributed by atoms with Crippen molar-refractivity contribution in [3.63, 3.8) is 0 Å². The maximum atomic E-state index is 12.5. The van der Waals surface area contributed by atoms with Gasteiger partial charge in [-0.3, -0.25) is 4.79 Å². The predicted octanol–water partition coefficient (Wildman–Crippen LogP) is 5.60. The van der Waals surface area contributed by atoms with E-state index in [1.165, 1.54) is 0 Å². The molecule has 0 radical (unpaired) electrons. The van der Waals surface area contributed by atoms with Gasteiger partial charge in [0.25, 0.3) is 0 Å². The first kappa shape index (κ1) is 17.2. The summed E-state index contributed by atoms with van der Waals surface area (Å²) in [6.07, 6.45) is 3.04. The minimum absolute atomic E-state index is 0.515. The van der Waals surface area contributed by atoms with Gasteiger partial charge in [-0.1, -0.05) is 86.5 Å². The Kier molecular flexibility index (Phi) is 5.18. The minimum Gasteiger partial charge on any atom is -0.481 e. The molecule has 3 aromatic rings. The number of carbonyl (C=O) groups is 1. The standard InChI is InChI=1S/C23H24O2/c1-2-3-15-23(22(24)25,17-18-9-5-4-6-10-18)21-14-13-19-11-7-8-12-20(19)16-21/h4-14,16H,2-3,15,17H2,1H3,(H,24,25). The third-order valence-corrected chi connectivity index (χ3v) is 5.02. The lowest BCUT2D eigenvalue weighted by molar-refractivity contribution is -0.144. The fourth-order valence-corrected chi connectivity index (χ4v) is 3.55. The molecule has 0 amide bonds. The molecule has 0 bridgehead atoms. The lowest BCUT2D eigenvalue weighted by atomic mass is 9.71. The van der Waals surface area contributed by atoms with Crippen molar-refractivity contribution in [2.75, 3.05) is 0 Å². The highest BCUT2D eigenvalue weighted by atomic mass is 16.4. The van der Waals surface area contributed by atoms with Crippen LogP contribution in [0.3, 0.4) is 0 Å². The van der Waals surface area contributed by atoms with Gasteiger partial charge in [-0.2, -0.15) is 0 Å². The van der Waals surface area contributed by atoms with E-state index < -0.39 is 11.4 Å². The second-order valence-electron chi connectivity index (χ2n) is 6.72. The summed E-state index contributed by atoms with van der Waals surface area (Å²) in [6.45, 7) is 2.11. The number of unbranched alkanes of at least 4 members (excludes halogenated alkanes) is 1. The molecule has 0 saturated heterocycles. The van der Waals surface area contributed by atoms with Crippen LogP contribution in [0.25, 0.3) is 10.8 Å². The molecule has 0 aromatic heterocycles. The normalized spacial score (nSPS) is 13.5. The van der Waals surface area contributed by atoms with Crippen LogP contribution in [0, 0.1) is 0 Å². The van der Waals surface area contributed by atoms with Crippen molar-refractivity contribution in [1.82, 2.24) is 0 Å². The molecule has 0 aliphatic carbocycles. The number of carboxylic acid groups (broad SMARTS) is 1. The number of hydrogen-bond donors (Lipinski definition) is 1. The van der Waals surface area contributed by atoms with Gasteiger partial charge in [0.2, 0.25) is 0 Å². The first-order chi connectivity index (χ1) is 12.2. The number of fused-ring (bicyclic) bond motifs is 1. The van der Waals surface area contributed by atoms with Gasteiger partial charge in [0.1, 0.15) is 0 Å². The van der Waals surface area contributed by atoms with Crippen molar-refractivity contribution in [3.8, 4) is 0 Å². The second kappa shape index (κ2) is 7.52. The molecule has 3 aromatic carbocycles. The average Bonchev–Trinajstić information content (AvgIpc) is 2.65. The molecule has 1 unspecified atom stereocenters. The van der Waals surface area contributed by atoms with Crippen LogP contribution in [0.15, 0.2) is 72.8 Å². The Morgan fingerprint density at radius 2 is 1.60 bits per heavy atom. The van der Waals surface area contributed by atoms with Crippen molar-refractivity contribution in [2.24, 2.45) is 0 Å². The van der Waals surface area contributed by atoms with E-state index in [4.69, 9.17) is 0 Å². The van der Waals surface area contributed by atoms with E-state index in [-0.39, 0.29) is 0 Å². The Morgan fingerprint density at radius 1 is 0.920 bits per heavy atom. The van der Waals surface area contributed by atoms with Gasteiger partial charge in [-0.15, -0.1) is 0 Å². The molecule has 0 spiro atoms. The molecule has 2 nitrogen and oxygen atoms in total. The first-order valence-electron chi connectivity index (χ1n) is 8.92. The first-order valence-corrected chi connectivity index (χ1v) is 8.92. The summed E-state index contributed by atoms with van der Waals surface area (Å²) >= 11 is 0. The van der Waals surface area contributed by atoms with E-state index in [2.05, 4.69) is 19.1 Å². The van der Waals surface area contributed by atoms with Crippen LogP contribution < -0.4 is 0 Å². The van der Waals surface area contributed by atoms with Crippen molar-refractivity contribution in [3.05, 3.63) is 83.9 Å². The minimum atomic E-state index is -0.888. The number of rotatable bonds is 7. The third kappa shape index (κ3) is 3.58. The lowest BCUT2D eigenvalue weighted by Crippen LogP contribution is -2.38. The molecule has 1 atom stereocenters. The largest absolute Gasteiger partial charge is 0.481 e. The summed E-state index contributed by atoms with van der Waals surface area (Å²) in [5.41, 5.74) is 1.08. The fourth-order valence-electron chi connectivity index (χ4n) is 3.55. The van der Waals surface area contributed by atoms with Gasteiger partial charge in [-0.05, 0) is 40.8 Å². The molecule has 0 aliphatic heterocycles. The van der Waals surface area contributed by atoms with E-state index in [0.29, 0.717) is 12.8 Å². The number of hydrogen-bond acceptors (Lipinski definition) is 1. The average molecular weight is 332 g/mol. The molecular weight excluding hydrogens is 308 g/mol. The molecule has 0 heterocycles. The van der Waals surface area contributed by atoms with Crippen molar-refractivity contribution in [2.45, 2.75) is 38.0 Å². The van der Waals surface area contributed by atoms with Gasteiger partial charge in [0.05, 0.1) is 5.41 Å². The van der Waals surface area contributed by atoms with Gasteiger partial charge in [-0.25, -0.2) is 0 Å². The van der Waals surface area contributed by atoms with E-state index >= 15 is 0 Å². The van der Waals surface area contributed by atoms with Crippen LogP contribution in [0.2, 0.25) is 0 Å². The van der Waals surface area contributed by atoms with Gasteiger partial charge in [0, 0.05) is 0 Å². The molecule has 25 heavy (non-hydrogen) atoms. The predicted molar refractivity (Wildman–Crippen MR) is 103 cm³/mol. The summed E-state index contributed by atoms with van der Waals surface area (Å²) in [4.78, 5) is 12.5. The highest BCUT2D eigenvalue weighted by Crippen LogP contribution is 2.36. The highest BCUT2D eigenvalue weighted by molar-refractivity contribution is 5.87. The van der Waals surface area contributed by atoms with Crippen LogP contribution in [0.5, 0.6) is 0 Å². The Morgan fingerprint density at radius 3 is 2.28 bits per heavy atom. The smallest absolute Gasteiger partial charge is 0.314 e. The molecule has 3 rings (SSSR count). The zero-order chi connectivity index (χ0) is 17.7. The zero-order valence-corrected chi connectivity index (χ0v) is 14.6. The highest BCUT2D eigenvalue weighted by Gasteiger charge is 2.40. The second-order valence-corrected chi connectivity index (χ2v) is 6.72. The number of aliphatic carboxylic acids is 1. The monoisotopic (exact) mass is 332 g/mol. The van der Waals surface area contributed by atoms with Crippen LogP contribution >= 0.6 is 0 Å². The summed E-state index contributed by atoms with van der Waals surface area (Å²) in [6, 6.07) is 24.2. The molecule has 0 fully saturated rings. The summed E-state index contributed by atoms with van der Waals surface area (Å²) < 4.78 is 0.